The number of carbonyl (C=O) groups is 8. The Balaban J connectivity index is 1.48. The number of carboxylic acids is 1. The summed E-state index contributed by atoms with van der Waals surface area (Å²) in [5.41, 5.74) is 8.00. The van der Waals surface area contributed by atoms with Crippen LogP contribution in [0, 0.1) is 0 Å². The van der Waals surface area contributed by atoms with Crippen molar-refractivity contribution in [1.82, 2.24) is 36.9 Å². The smallest absolute Gasteiger partial charge is 0.446 e. The summed E-state index contributed by atoms with van der Waals surface area (Å²) in [7, 11) is -4.75. The van der Waals surface area contributed by atoms with Crippen LogP contribution >= 0.6 is 23.5 Å². The first-order chi connectivity index (χ1) is 32.3. The minimum absolute atomic E-state index is 0.00993. The number of carbonyl (C=O) groups excluding carboxylic acids is 7. The fourth-order valence-electron chi connectivity index (χ4n) is 6.76. The number of nitrogens with one attached hydrogen (secondary N) is 7. The lowest BCUT2D eigenvalue weighted by molar-refractivity contribution is -0.141. The summed E-state index contributed by atoms with van der Waals surface area (Å²) in [6, 6.07) is 14.4. The van der Waals surface area contributed by atoms with Crippen LogP contribution in [0.1, 0.15) is 36.0 Å². The molecule has 366 valence electrons. The fourth-order valence-corrected chi connectivity index (χ4v) is 8.06. The Morgan fingerprint density at radius 1 is 0.662 bits per heavy atom. The van der Waals surface area contributed by atoms with Crippen molar-refractivity contribution in [2.75, 3.05) is 30.6 Å². The molecule has 5 atom stereocenters. The zero-order valence-electron chi connectivity index (χ0n) is 37.0. The number of amides is 7. The van der Waals surface area contributed by atoms with Crippen LogP contribution in [0.25, 0.3) is 10.9 Å². The number of rotatable bonds is 28. The van der Waals surface area contributed by atoms with Gasteiger partial charge in [-0.25, -0.2) is 0 Å². The fraction of sp³-hybridized carbons (Fsp3) is 0.364. The number of aliphatic carboxylic acids is 1. The standard InChI is InChI=1S/C44H54N8O13S3/c1-66-18-16-32(48-37(53)21-27-12-14-29(15-13-27)65-68(62,63)64)41(58)47-25-38(54)49-35(22-28-24-46-31-11-7-6-10-30(28)31)43(60)50-33(17-19-67-2)42(59)52-36(23-39(55)56)44(61)51-34(40(45)57)20-26-8-4-3-5-9-26/h3-15,24,32-36,46H,16-23,25H2,1-2H3,(H2,45,57)(H,47,58)(H,48,53)(H,49,54)(H,50,60)(H,51,61)(H,52,59)(H,55,56)(H,62,63,64). The molecule has 1 heterocycles. The van der Waals surface area contributed by atoms with Crippen LogP contribution < -0.4 is 41.8 Å². The highest BCUT2D eigenvalue weighted by Gasteiger charge is 2.33. The molecule has 0 aliphatic rings. The normalized spacial score (nSPS) is 13.4. The number of benzene rings is 3. The van der Waals surface area contributed by atoms with Crippen LogP contribution in [0.15, 0.2) is 85.1 Å². The van der Waals surface area contributed by atoms with Crippen molar-refractivity contribution in [2.45, 2.75) is 68.7 Å². The van der Waals surface area contributed by atoms with E-state index >= 15 is 0 Å². The molecule has 0 spiro atoms. The van der Waals surface area contributed by atoms with Gasteiger partial charge in [-0.2, -0.15) is 31.9 Å². The first kappa shape index (κ1) is 54.0. The molecule has 24 heteroatoms. The van der Waals surface area contributed by atoms with Crippen molar-refractivity contribution in [1.29, 1.82) is 0 Å². The van der Waals surface area contributed by atoms with Crippen LogP contribution in [0.4, 0.5) is 0 Å². The molecule has 4 aromatic rings. The molecule has 0 radical (unpaired) electrons. The third kappa shape index (κ3) is 18.2. The molecular weight excluding hydrogens is 945 g/mol. The first-order valence-electron chi connectivity index (χ1n) is 21.0. The maximum Gasteiger partial charge on any atom is 0.446 e. The number of H-pyrrole nitrogens is 1. The van der Waals surface area contributed by atoms with Gasteiger partial charge < -0.3 is 51.9 Å². The van der Waals surface area contributed by atoms with Gasteiger partial charge in [0.1, 0.15) is 36.0 Å². The number of fused-ring (bicyclic) bond motifs is 1. The molecule has 3 aromatic carbocycles. The van der Waals surface area contributed by atoms with E-state index in [0.29, 0.717) is 28.2 Å². The summed E-state index contributed by atoms with van der Waals surface area (Å²) < 4.78 is 35.3. The Bertz CT molecular complexity index is 2510. The van der Waals surface area contributed by atoms with Crippen molar-refractivity contribution in [3.05, 3.63) is 102 Å². The molecule has 7 amide bonds. The predicted octanol–water partition coefficient (Wildman–Crippen LogP) is 0.384. The number of aromatic nitrogens is 1. The largest absolute Gasteiger partial charge is 0.481 e. The number of carboxylic acid groups (broad SMARTS) is 1. The number of aromatic amines is 1. The van der Waals surface area contributed by atoms with E-state index in [4.69, 9.17) is 10.3 Å². The van der Waals surface area contributed by atoms with E-state index in [9.17, 15) is 51.9 Å². The van der Waals surface area contributed by atoms with Crippen LogP contribution in [-0.4, -0.2) is 131 Å². The molecule has 1 aromatic heterocycles. The predicted molar refractivity (Wildman–Crippen MR) is 255 cm³/mol. The molecule has 0 fully saturated rings. The topological polar surface area (TPSA) is 334 Å². The van der Waals surface area contributed by atoms with Crippen LogP contribution in [0.5, 0.6) is 5.75 Å². The van der Waals surface area contributed by atoms with Crippen molar-refractivity contribution in [2.24, 2.45) is 5.73 Å². The van der Waals surface area contributed by atoms with Crippen LogP contribution in [0.2, 0.25) is 0 Å². The minimum Gasteiger partial charge on any atom is -0.481 e. The lowest BCUT2D eigenvalue weighted by Crippen LogP contribution is -2.59. The number of primary amides is 1. The van der Waals surface area contributed by atoms with E-state index in [1.807, 2.05) is 6.07 Å². The molecule has 0 bridgehead atoms. The van der Waals surface area contributed by atoms with Crippen molar-refractivity contribution in [3.8, 4) is 5.75 Å². The lowest BCUT2D eigenvalue weighted by Gasteiger charge is -2.26. The number of thioether (sulfide) groups is 2. The Morgan fingerprint density at radius 3 is 1.84 bits per heavy atom. The molecular formula is C44H54N8O13S3. The second-order valence-electron chi connectivity index (χ2n) is 15.3. The van der Waals surface area contributed by atoms with Gasteiger partial charge in [-0.1, -0.05) is 60.7 Å². The third-order valence-corrected chi connectivity index (χ3v) is 11.8. The maximum atomic E-state index is 14.2. The van der Waals surface area contributed by atoms with Gasteiger partial charge in [0, 0.05) is 29.9 Å². The molecule has 5 unspecified atom stereocenters. The second-order valence-corrected chi connectivity index (χ2v) is 18.3. The summed E-state index contributed by atoms with van der Waals surface area (Å²) in [5.74, 6) is -6.56. The highest BCUT2D eigenvalue weighted by atomic mass is 32.3. The van der Waals surface area contributed by atoms with Gasteiger partial charge in [-0.3, -0.25) is 42.9 Å². The zero-order chi connectivity index (χ0) is 49.8. The Hall–Kier alpha value is -6.63. The van der Waals surface area contributed by atoms with Gasteiger partial charge >= 0.3 is 16.4 Å². The Kier molecular flexibility index (Phi) is 21.1. The van der Waals surface area contributed by atoms with Gasteiger partial charge in [0.15, 0.2) is 0 Å². The Morgan fingerprint density at radius 2 is 1.22 bits per heavy atom. The molecule has 0 aliphatic heterocycles. The number of para-hydroxylation sites is 1. The molecule has 0 aliphatic carbocycles. The maximum absolute atomic E-state index is 14.2. The van der Waals surface area contributed by atoms with E-state index in [1.54, 1.807) is 67.2 Å². The third-order valence-electron chi connectivity index (χ3n) is 10.1. The van der Waals surface area contributed by atoms with E-state index in [1.165, 1.54) is 47.8 Å². The number of hydrogen-bond acceptors (Lipinski definition) is 13. The summed E-state index contributed by atoms with van der Waals surface area (Å²) in [6.07, 6.45) is 4.21. The molecule has 4 rings (SSSR count). The SMILES string of the molecule is CSCCC(NC(=O)Cc1ccc(OS(=O)(=O)O)cc1)C(=O)NCC(=O)NC(Cc1c[nH]c2ccccc12)C(=O)NC(CCSC)C(=O)NC(CC(=O)O)C(=O)NC(Cc1ccccc1)C(N)=O. The molecule has 21 nitrogen and oxygen atoms in total. The van der Waals surface area contributed by atoms with Gasteiger partial charge in [0.25, 0.3) is 0 Å². The van der Waals surface area contributed by atoms with Crippen LogP contribution in [-0.2, 0) is 68.0 Å². The van der Waals surface area contributed by atoms with Gasteiger partial charge in [0.05, 0.1) is 19.4 Å². The molecule has 0 saturated heterocycles. The van der Waals surface area contributed by atoms with Crippen molar-refractivity contribution >= 4 is 92.1 Å². The van der Waals surface area contributed by atoms with Crippen LogP contribution in [0.3, 0.4) is 0 Å². The average Bonchev–Trinajstić information content (AvgIpc) is 3.70. The summed E-state index contributed by atoms with van der Waals surface area (Å²) in [4.78, 5) is 109. The summed E-state index contributed by atoms with van der Waals surface area (Å²) >= 11 is 2.75. The van der Waals surface area contributed by atoms with E-state index < -0.39 is 101 Å². The van der Waals surface area contributed by atoms with E-state index in [-0.39, 0.29) is 37.9 Å². The molecule has 68 heavy (non-hydrogen) atoms. The number of hydrogen-bond donors (Lipinski definition) is 10. The van der Waals surface area contributed by atoms with Gasteiger partial charge in [-0.05, 0) is 71.7 Å². The average molecular weight is 999 g/mol. The number of nitrogens with two attached hydrogens (primary N) is 1. The Labute approximate surface area is 400 Å². The summed E-state index contributed by atoms with van der Waals surface area (Å²) in [6.45, 7) is -0.629. The van der Waals surface area contributed by atoms with Gasteiger partial charge in [0.2, 0.25) is 41.4 Å². The highest BCUT2D eigenvalue weighted by Crippen LogP contribution is 2.20. The van der Waals surface area contributed by atoms with Gasteiger partial charge in [-0.15, -0.1) is 0 Å². The van der Waals surface area contributed by atoms with Crippen molar-refractivity contribution < 1.29 is 60.6 Å². The first-order valence-corrected chi connectivity index (χ1v) is 25.1. The monoisotopic (exact) mass is 998 g/mol. The quantitative estimate of drug-likeness (QED) is 0.0344. The van der Waals surface area contributed by atoms with E-state index in [0.717, 1.165) is 10.9 Å². The summed E-state index contributed by atoms with van der Waals surface area (Å²) in [5, 5.41) is 25.6. The lowest BCUT2D eigenvalue weighted by atomic mass is 10.0. The molecule has 11 N–H and O–H groups in total. The highest BCUT2D eigenvalue weighted by molar-refractivity contribution is 7.98. The zero-order valence-corrected chi connectivity index (χ0v) is 39.5. The minimum atomic E-state index is -4.75. The van der Waals surface area contributed by atoms with E-state index in [2.05, 4.69) is 41.1 Å². The molecule has 0 saturated carbocycles. The second kappa shape index (κ2) is 26.6. The van der Waals surface area contributed by atoms with Crippen molar-refractivity contribution in [3.63, 3.8) is 0 Å².